The number of amides is 1. The summed E-state index contributed by atoms with van der Waals surface area (Å²) in [5, 5.41) is 0. The summed E-state index contributed by atoms with van der Waals surface area (Å²) in [5.74, 6) is -0.812. The molecule has 0 radical (unpaired) electrons. The summed E-state index contributed by atoms with van der Waals surface area (Å²) >= 11 is 0. The Hall–Kier alpha value is -2.54. The first-order chi connectivity index (χ1) is 10.4. The van der Waals surface area contributed by atoms with E-state index in [0.29, 0.717) is 11.1 Å². The number of carbonyl (C=O) groups is 2. The quantitative estimate of drug-likeness (QED) is 0.840. The smallest absolute Gasteiger partial charge is 0.264 e. The van der Waals surface area contributed by atoms with E-state index < -0.39 is 15.9 Å². The molecule has 0 aliphatic heterocycles. The maximum absolute atomic E-state index is 12.1. The highest BCUT2D eigenvalue weighted by atomic mass is 32.2. The van der Waals surface area contributed by atoms with Gasteiger partial charge in [-0.1, -0.05) is 18.2 Å². The summed E-state index contributed by atoms with van der Waals surface area (Å²) in [7, 11) is -3.95. The van der Waals surface area contributed by atoms with Crippen LogP contribution in [0.1, 0.15) is 22.8 Å². The molecule has 0 unspecified atom stereocenters. The van der Waals surface area contributed by atoms with Gasteiger partial charge >= 0.3 is 0 Å². The fourth-order valence-corrected chi connectivity index (χ4v) is 2.79. The number of nitrogens with one attached hydrogen (secondary N) is 1. The van der Waals surface area contributed by atoms with E-state index in [2.05, 4.69) is 4.98 Å². The predicted molar refractivity (Wildman–Crippen MR) is 79.7 cm³/mol. The Labute approximate surface area is 128 Å². The van der Waals surface area contributed by atoms with Crippen LogP contribution in [0.15, 0.2) is 53.7 Å². The molecule has 0 fully saturated rings. The fraction of sp³-hybridized carbons (Fsp3) is 0.133. The lowest BCUT2D eigenvalue weighted by Crippen LogP contribution is -2.31. The summed E-state index contributed by atoms with van der Waals surface area (Å²) < 4.78 is 26.2. The van der Waals surface area contributed by atoms with Crippen molar-refractivity contribution < 1.29 is 18.0 Å². The van der Waals surface area contributed by atoms with Crippen LogP contribution in [0.5, 0.6) is 0 Å². The van der Waals surface area contributed by atoms with E-state index in [4.69, 9.17) is 0 Å². The van der Waals surface area contributed by atoms with E-state index in [9.17, 15) is 18.0 Å². The standard InChI is InChI=1S/C15H14N2O4S/c1-11(18)13-4-6-14(7-5-13)22(20,21)17-15(19)9-12-3-2-8-16-10-12/h2-8,10H,9H2,1H3,(H,17,19). The second-order valence-corrected chi connectivity index (χ2v) is 6.33. The van der Waals surface area contributed by atoms with Crippen LogP contribution < -0.4 is 4.72 Å². The van der Waals surface area contributed by atoms with E-state index in [-0.39, 0.29) is 17.1 Å². The van der Waals surface area contributed by atoms with Gasteiger partial charge in [0.15, 0.2) is 5.78 Å². The number of nitrogens with zero attached hydrogens (tertiary/aromatic N) is 1. The van der Waals surface area contributed by atoms with E-state index in [1.807, 2.05) is 4.72 Å². The van der Waals surface area contributed by atoms with Crippen LogP contribution in [-0.2, 0) is 21.2 Å². The van der Waals surface area contributed by atoms with Crippen molar-refractivity contribution in [2.75, 3.05) is 0 Å². The van der Waals surface area contributed by atoms with Crippen LogP contribution in [0.3, 0.4) is 0 Å². The minimum absolute atomic E-state index is 0.0722. The molecule has 114 valence electrons. The molecule has 1 aromatic carbocycles. The highest BCUT2D eigenvalue weighted by Crippen LogP contribution is 2.11. The van der Waals surface area contributed by atoms with Gasteiger partial charge in [0.05, 0.1) is 11.3 Å². The van der Waals surface area contributed by atoms with Crippen molar-refractivity contribution in [2.24, 2.45) is 0 Å². The second-order valence-electron chi connectivity index (χ2n) is 4.65. The van der Waals surface area contributed by atoms with E-state index in [1.165, 1.54) is 37.4 Å². The van der Waals surface area contributed by atoms with E-state index in [1.54, 1.807) is 18.3 Å². The summed E-state index contributed by atoms with van der Waals surface area (Å²) in [5.41, 5.74) is 1.02. The third-order valence-electron chi connectivity index (χ3n) is 2.91. The van der Waals surface area contributed by atoms with Gasteiger partial charge in [0.1, 0.15) is 0 Å². The lowest BCUT2D eigenvalue weighted by molar-refractivity contribution is -0.118. The van der Waals surface area contributed by atoms with Crippen LogP contribution in [0, 0.1) is 0 Å². The summed E-state index contributed by atoms with van der Waals surface area (Å²) in [6.45, 7) is 1.39. The number of pyridine rings is 1. The van der Waals surface area contributed by atoms with Crippen molar-refractivity contribution in [2.45, 2.75) is 18.2 Å². The first-order valence-electron chi connectivity index (χ1n) is 6.44. The SMILES string of the molecule is CC(=O)c1ccc(S(=O)(=O)NC(=O)Cc2cccnc2)cc1. The van der Waals surface area contributed by atoms with Crippen LogP contribution in [0.2, 0.25) is 0 Å². The molecule has 1 aromatic heterocycles. The van der Waals surface area contributed by atoms with Crippen molar-refractivity contribution in [3.8, 4) is 0 Å². The Kier molecular flexibility index (Phi) is 4.67. The molecule has 0 spiro atoms. The van der Waals surface area contributed by atoms with Crippen LogP contribution in [0.4, 0.5) is 0 Å². The molecule has 0 aliphatic carbocycles. The molecule has 1 N–H and O–H groups in total. The molecule has 6 nitrogen and oxygen atoms in total. The van der Waals surface area contributed by atoms with Gasteiger partial charge in [-0.05, 0) is 30.7 Å². The van der Waals surface area contributed by atoms with Gasteiger partial charge in [0.25, 0.3) is 10.0 Å². The Morgan fingerprint density at radius 3 is 2.36 bits per heavy atom. The fourth-order valence-electron chi connectivity index (χ4n) is 1.80. The lowest BCUT2D eigenvalue weighted by Gasteiger charge is -2.07. The molecule has 0 bridgehead atoms. The topological polar surface area (TPSA) is 93.2 Å². The number of hydrogen-bond donors (Lipinski definition) is 1. The normalized spacial score (nSPS) is 11.0. The molecular weight excluding hydrogens is 304 g/mol. The number of carbonyl (C=O) groups excluding carboxylic acids is 2. The number of hydrogen-bond acceptors (Lipinski definition) is 5. The molecule has 0 saturated carbocycles. The van der Waals surface area contributed by atoms with Crippen molar-refractivity contribution >= 4 is 21.7 Å². The van der Waals surface area contributed by atoms with E-state index in [0.717, 1.165) is 0 Å². The van der Waals surface area contributed by atoms with Gasteiger partial charge in [-0.15, -0.1) is 0 Å². The van der Waals surface area contributed by atoms with Crippen LogP contribution in [0.25, 0.3) is 0 Å². The van der Waals surface area contributed by atoms with Gasteiger partial charge in [-0.3, -0.25) is 14.6 Å². The first kappa shape index (κ1) is 15.8. The Morgan fingerprint density at radius 1 is 1.14 bits per heavy atom. The zero-order valence-corrected chi connectivity index (χ0v) is 12.6. The lowest BCUT2D eigenvalue weighted by atomic mass is 10.2. The maximum Gasteiger partial charge on any atom is 0.264 e. The average Bonchev–Trinajstić information content (AvgIpc) is 2.47. The van der Waals surface area contributed by atoms with Crippen molar-refractivity contribution in [3.05, 3.63) is 59.9 Å². The third-order valence-corrected chi connectivity index (χ3v) is 4.30. The zero-order chi connectivity index (χ0) is 16.2. The second kappa shape index (κ2) is 6.48. The van der Waals surface area contributed by atoms with Gasteiger partial charge < -0.3 is 0 Å². The minimum atomic E-state index is -3.95. The average molecular weight is 318 g/mol. The number of aromatic nitrogens is 1. The molecule has 2 aromatic rings. The third kappa shape index (κ3) is 3.98. The minimum Gasteiger partial charge on any atom is -0.295 e. The molecular formula is C15H14N2O4S. The molecule has 1 amide bonds. The Bertz CT molecular complexity index is 784. The molecule has 0 saturated heterocycles. The highest BCUT2D eigenvalue weighted by Gasteiger charge is 2.18. The maximum atomic E-state index is 12.1. The van der Waals surface area contributed by atoms with Crippen molar-refractivity contribution in [3.63, 3.8) is 0 Å². The van der Waals surface area contributed by atoms with Gasteiger partial charge in [0, 0.05) is 18.0 Å². The van der Waals surface area contributed by atoms with E-state index >= 15 is 0 Å². The molecule has 2 rings (SSSR count). The molecule has 0 aliphatic rings. The highest BCUT2D eigenvalue weighted by molar-refractivity contribution is 7.90. The number of ketones is 1. The van der Waals surface area contributed by atoms with Crippen molar-refractivity contribution in [1.82, 2.24) is 9.71 Å². The van der Waals surface area contributed by atoms with Crippen molar-refractivity contribution in [1.29, 1.82) is 0 Å². The van der Waals surface area contributed by atoms with Crippen LogP contribution in [-0.4, -0.2) is 25.1 Å². The molecule has 7 heteroatoms. The first-order valence-corrected chi connectivity index (χ1v) is 7.92. The zero-order valence-electron chi connectivity index (χ0n) is 11.8. The number of benzene rings is 1. The summed E-state index contributed by atoms with van der Waals surface area (Å²) in [6, 6.07) is 8.73. The Morgan fingerprint density at radius 2 is 1.82 bits per heavy atom. The van der Waals surface area contributed by atoms with Gasteiger partial charge in [-0.2, -0.15) is 0 Å². The van der Waals surface area contributed by atoms with Gasteiger partial charge in [0.2, 0.25) is 5.91 Å². The summed E-state index contributed by atoms with van der Waals surface area (Å²) in [6.07, 6.45) is 2.97. The molecule has 0 atom stereocenters. The molecule has 22 heavy (non-hydrogen) atoms. The Balaban J connectivity index is 2.10. The summed E-state index contributed by atoms with van der Waals surface area (Å²) in [4.78, 5) is 26.8. The van der Waals surface area contributed by atoms with Gasteiger partial charge in [-0.25, -0.2) is 13.1 Å². The van der Waals surface area contributed by atoms with Crippen LogP contribution >= 0.6 is 0 Å². The largest absolute Gasteiger partial charge is 0.295 e. The predicted octanol–water partition coefficient (Wildman–Crippen LogP) is 1.33. The monoisotopic (exact) mass is 318 g/mol. The number of rotatable bonds is 5. The molecule has 1 heterocycles. The number of sulfonamides is 1. The number of Topliss-reactive ketones (excluding diaryl/α,β-unsaturated/α-hetero) is 1.